The van der Waals surface area contributed by atoms with E-state index < -0.39 is 0 Å². The van der Waals surface area contributed by atoms with E-state index in [4.69, 9.17) is 22.7 Å². The second-order valence-corrected chi connectivity index (χ2v) is 5.45. The van der Waals surface area contributed by atoms with Crippen molar-refractivity contribution in [2.45, 2.75) is 26.2 Å². The fourth-order valence-corrected chi connectivity index (χ4v) is 2.64. The highest BCUT2D eigenvalue weighted by Gasteiger charge is 2.19. The van der Waals surface area contributed by atoms with Crippen LogP contribution >= 0.6 is 12.2 Å². The van der Waals surface area contributed by atoms with Crippen molar-refractivity contribution in [3.63, 3.8) is 0 Å². The molecule has 0 aromatic carbocycles. The maximum absolute atomic E-state index is 5.87. The van der Waals surface area contributed by atoms with Crippen LogP contribution in [0.3, 0.4) is 0 Å². The van der Waals surface area contributed by atoms with Crippen LogP contribution in [-0.4, -0.2) is 19.8 Å². The Labute approximate surface area is 122 Å². The van der Waals surface area contributed by atoms with Crippen molar-refractivity contribution in [3.8, 4) is 11.8 Å². The van der Waals surface area contributed by atoms with E-state index in [0.717, 1.165) is 30.7 Å². The lowest BCUT2D eigenvalue weighted by Gasteiger charge is -2.11. The molecule has 104 valence electrons. The fourth-order valence-electron chi connectivity index (χ4n) is 2.49. The largest absolute Gasteiger partial charge is 0.420 e. The first-order valence-corrected chi connectivity index (χ1v) is 6.96. The lowest BCUT2D eigenvalue weighted by Crippen LogP contribution is -2.13. The van der Waals surface area contributed by atoms with Gasteiger partial charge in [0.2, 0.25) is 11.8 Å². The number of ether oxygens (including phenoxy) is 1. The van der Waals surface area contributed by atoms with Gasteiger partial charge in [-0.2, -0.15) is 5.10 Å². The second kappa shape index (κ2) is 4.86. The van der Waals surface area contributed by atoms with Crippen molar-refractivity contribution in [3.05, 3.63) is 34.6 Å². The summed E-state index contributed by atoms with van der Waals surface area (Å²) in [5.74, 6) is 1.10. The van der Waals surface area contributed by atoms with Crippen LogP contribution in [0.2, 0.25) is 0 Å². The SMILES string of the molecule is Cc1cc(Oc2nc3c(cc2C(N)=S)CCC3)n(C)n1. The molecular weight excluding hydrogens is 272 g/mol. The third-order valence-corrected chi connectivity index (χ3v) is 3.66. The standard InChI is InChI=1S/C14H16N4OS/c1-8-6-12(18(2)17-8)19-14-10(13(15)20)7-9-4-3-5-11(9)16-14/h6-7H,3-5H2,1-2H3,(H2,15,20). The number of pyridine rings is 1. The molecule has 0 saturated heterocycles. The van der Waals surface area contributed by atoms with Crippen LogP contribution in [0.25, 0.3) is 0 Å². The van der Waals surface area contributed by atoms with Gasteiger partial charge in [0.05, 0.1) is 11.3 Å². The maximum atomic E-state index is 5.87. The molecule has 20 heavy (non-hydrogen) atoms. The van der Waals surface area contributed by atoms with Gasteiger partial charge in [0.25, 0.3) is 0 Å². The molecule has 2 aromatic heterocycles. The lowest BCUT2D eigenvalue weighted by atomic mass is 10.1. The Balaban J connectivity index is 2.04. The van der Waals surface area contributed by atoms with Crippen molar-refractivity contribution in [2.24, 2.45) is 12.8 Å². The van der Waals surface area contributed by atoms with Crippen molar-refractivity contribution >= 4 is 17.2 Å². The molecule has 0 fully saturated rings. The number of thiocarbonyl (C=S) groups is 1. The molecule has 0 radical (unpaired) electrons. The molecule has 0 atom stereocenters. The van der Waals surface area contributed by atoms with Crippen LogP contribution in [0.4, 0.5) is 0 Å². The summed E-state index contributed by atoms with van der Waals surface area (Å²) < 4.78 is 7.54. The summed E-state index contributed by atoms with van der Waals surface area (Å²) in [7, 11) is 1.83. The highest BCUT2D eigenvalue weighted by Crippen LogP contribution is 2.29. The third-order valence-electron chi connectivity index (χ3n) is 3.44. The number of hydrogen-bond donors (Lipinski definition) is 1. The third kappa shape index (κ3) is 2.27. The van der Waals surface area contributed by atoms with Crippen LogP contribution in [0.5, 0.6) is 11.8 Å². The minimum absolute atomic E-state index is 0.307. The molecule has 0 spiro atoms. The predicted molar refractivity (Wildman–Crippen MR) is 80.2 cm³/mol. The minimum atomic E-state index is 0.307. The Morgan fingerprint density at radius 3 is 2.85 bits per heavy atom. The van der Waals surface area contributed by atoms with E-state index in [1.54, 1.807) is 4.68 Å². The summed E-state index contributed by atoms with van der Waals surface area (Å²) in [6.07, 6.45) is 3.13. The Morgan fingerprint density at radius 1 is 1.40 bits per heavy atom. The Morgan fingerprint density at radius 2 is 2.20 bits per heavy atom. The molecule has 0 aliphatic heterocycles. The van der Waals surface area contributed by atoms with Crippen LogP contribution in [-0.2, 0) is 19.9 Å². The van der Waals surface area contributed by atoms with E-state index in [1.165, 1.54) is 5.56 Å². The van der Waals surface area contributed by atoms with Crippen molar-refractivity contribution < 1.29 is 4.74 Å². The zero-order chi connectivity index (χ0) is 14.3. The molecule has 0 saturated carbocycles. The monoisotopic (exact) mass is 288 g/mol. The average molecular weight is 288 g/mol. The summed E-state index contributed by atoms with van der Waals surface area (Å²) in [4.78, 5) is 4.90. The van der Waals surface area contributed by atoms with Gasteiger partial charge in [0, 0.05) is 18.8 Å². The fraction of sp³-hybridized carbons (Fsp3) is 0.357. The molecule has 2 heterocycles. The normalized spacial score (nSPS) is 13.3. The predicted octanol–water partition coefficient (Wildman–Crippen LogP) is 2.04. The molecular formula is C14H16N4OS. The van der Waals surface area contributed by atoms with E-state index in [2.05, 4.69) is 10.1 Å². The van der Waals surface area contributed by atoms with Gasteiger partial charge in [-0.15, -0.1) is 0 Å². The molecule has 1 aliphatic carbocycles. The Kier molecular flexibility index (Phi) is 3.17. The summed E-state index contributed by atoms with van der Waals surface area (Å²) >= 11 is 5.11. The van der Waals surface area contributed by atoms with Gasteiger partial charge >= 0.3 is 0 Å². The number of nitrogens with zero attached hydrogens (tertiary/aromatic N) is 3. The first kappa shape index (κ1) is 13.1. The van der Waals surface area contributed by atoms with Crippen molar-refractivity contribution in [1.82, 2.24) is 14.8 Å². The first-order valence-electron chi connectivity index (χ1n) is 6.55. The molecule has 0 unspecified atom stereocenters. The van der Waals surface area contributed by atoms with Gasteiger partial charge in [-0.1, -0.05) is 12.2 Å². The van der Waals surface area contributed by atoms with Gasteiger partial charge in [-0.25, -0.2) is 9.67 Å². The van der Waals surface area contributed by atoms with E-state index >= 15 is 0 Å². The zero-order valence-corrected chi connectivity index (χ0v) is 12.3. The van der Waals surface area contributed by atoms with Gasteiger partial charge in [-0.05, 0) is 37.8 Å². The van der Waals surface area contributed by atoms with Gasteiger partial charge in [0.15, 0.2) is 0 Å². The van der Waals surface area contributed by atoms with E-state index in [0.29, 0.717) is 22.3 Å². The van der Waals surface area contributed by atoms with Crippen molar-refractivity contribution in [2.75, 3.05) is 0 Å². The Hall–Kier alpha value is -1.95. The minimum Gasteiger partial charge on any atom is -0.420 e. The van der Waals surface area contributed by atoms with E-state index in [1.807, 2.05) is 26.1 Å². The Bertz CT molecular complexity index is 693. The lowest BCUT2D eigenvalue weighted by molar-refractivity contribution is 0.413. The number of aromatic nitrogens is 3. The van der Waals surface area contributed by atoms with Crippen LogP contribution in [0, 0.1) is 6.92 Å². The summed E-state index contributed by atoms with van der Waals surface area (Å²) in [6.45, 7) is 1.91. The highest BCUT2D eigenvalue weighted by atomic mass is 32.1. The molecule has 2 aromatic rings. The number of aryl methyl sites for hydroxylation is 4. The second-order valence-electron chi connectivity index (χ2n) is 5.01. The molecule has 3 rings (SSSR count). The van der Waals surface area contributed by atoms with Gasteiger partial charge < -0.3 is 10.5 Å². The molecule has 1 aliphatic rings. The van der Waals surface area contributed by atoms with Crippen LogP contribution in [0.1, 0.15) is 28.9 Å². The summed E-state index contributed by atoms with van der Waals surface area (Å²) in [5, 5.41) is 4.25. The first-order chi connectivity index (χ1) is 9.54. The molecule has 2 N–H and O–H groups in total. The maximum Gasteiger partial charge on any atom is 0.231 e. The zero-order valence-electron chi connectivity index (χ0n) is 11.5. The summed E-state index contributed by atoms with van der Waals surface area (Å²) in [5.41, 5.74) is 9.68. The quantitative estimate of drug-likeness (QED) is 0.876. The number of nitrogens with two attached hydrogens (primary N) is 1. The van der Waals surface area contributed by atoms with Crippen molar-refractivity contribution in [1.29, 1.82) is 0 Å². The van der Waals surface area contributed by atoms with E-state index in [9.17, 15) is 0 Å². The molecule has 5 nitrogen and oxygen atoms in total. The highest BCUT2D eigenvalue weighted by molar-refractivity contribution is 7.80. The molecule has 0 amide bonds. The summed E-state index contributed by atoms with van der Waals surface area (Å²) in [6, 6.07) is 3.87. The number of fused-ring (bicyclic) bond motifs is 1. The topological polar surface area (TPSA) is 66.0 Å². The van der Waals surface area contributed by atoms with Crippen LogP contribution in [0.15, 0.2) is 12.1 Å². The van der Waals surface area contributed by atoms with Gasteiger partial charge in [0.1, 0.15) is 4.99 Å². The van der Waals surface area contributed by atoms with Crippen LogP contribution < -0.4 is 10.5 Å². The average Bonchev–Trinajstić information content (AvgIpc) is 2.94. The van der Waals surface area contributed by atoms with Gasteiger partial charge in [-0.3, -0.25) is 0 Å². The molecule has 6 heteroatoms. The van der Waals surface area contributed by atoms with E-state index in [-0.39, 0.29) is 0 Å². The smallest absolute Gasteiger partial charge is 0.231 e. The molecule has 0 bridgehead atoms. The number of hydrogen-bond acceptors (Lipinski definition) is 4. The number of rotatable bonds is 3.